The fraction of sp³-hybridized carbons (Fsp3) is 0.240. The van der Waals surface area contributed by atoms with Gasteiger partial charge in [0, 0.05) is 44.4 Å². The lowest BCUT2D eigenvalue weighted by molar-refractivity contribution is 0.0628. The Bertz CT molecular complexity index is 1160. The molecule has 0 unspecified atom stereocenters. The number of hydrogen-bond acceptors (Lipinski definition) is 5. The number of rotatable bonds is 5. The molecule has 3 aromatic rings. The largest absolute Gasteiger partial charge is 0.457 e. The summed E-state index contributed by atoms with van der Waals surface area (Å²) in [6, 6.07) is 18.3. The van der Waals surface area contributed by atoms with E-state index in [2.05, 4.69) is 4.90 Å². The maximum absolute atomic E-state index is 12.9. The van der Waals surface area contributed by atoms with Crippen molar-refractivity contribution in [2.24, 2.45) is 0 Å². The Hall–Kier alpha value is -2.93. The van der Waals surface area contributed by atoms with Crippen LogP contribution in [0.5, 0.6) is 23.0 Å². The number of nitrogens with zero attached hydrogens (tertiary/aromatic N) is 2. The summed E-state index contributed by atoms with van der Waals surface area (Å²) < 4.78 is 16.6. The lowest BCUT2D eigenvalue weighted by atomic mass is 10.1. The molecule has 1 fully saturated rings. The second kappa shape index (κ2) is 9.51. The second-order valence-corrected chi connectivity index (χ2v) is 8.77. The van der Waals surface area contributed by atoms with E-state index in [4.69, 9.17) is 37.4 Å². The van der Waals surface area contributed by atoms with Gasteiger partial charge in [-0.2, -0.15) is 0 Å². The average molecular weight is 485 g/mol. The van der Waals surface area contributed by atoms with E-state index in [1.54, 1.807) is 30.3 Å². The number of amides is 1. The van der Waals surface area contributed by atoms with Gasteiger partial charge in [-0.1, -0.05) is 29.3 Å². The Morgan fingerprint density at radius 3 is 2.30 bits per heavy atom. The van der Waals surface area contributed by atoms with Crippen LogP contribution in [0.2, 0.25) is 10.0 Å². The van der Waals surface area contributed by atoms with E-state index in [0.29, 0.717) is 51.7 Å². The molecule has 0 aromatic heterocycles. The van der Waals surface area contributed by atoms with Gasteiger partial charge in [0.15, 0.2) is 11.5 Å². The molecule has 0 bridgehead atoms. The van der Waals surface area contributed by atoms with Crippen molar-refractivity contribution in [3.05, 3.63) is 81.8 Å². The number of halogens is 2. The number of benzene rings is 3. The van der Waals surface area contributed by atoms with E-state index in [0.717, 1.165) is 25.2 Å². The lowest BCUT2D eigenvalue weighted by Crippen LogP contribution is -2.48. The second-order valence-electron chi connectivity index (χ2n) is 7.96. The van der Waals surface area contributed by atoms with E-state index < -0.39 is 0 Å². The Balaban J connectivity index is 1.15. The van der Waals surface area contributed by atoms with Crippen molar-refractivity contribution in [3.63, 3.8) is 0 Å². The van der Waals surface area contributed by atoms with E-state index in [9.17, 15) is 4.79 Å². The summed E-state index contributed by atoms with van der Waals surface area (Å²) in [5.41, 5.74) is 1.76. The molecule has 0 aliphatic carbocycles. The fourth-order valence-electron chi connectivity index (χ4n) is 3.93. The first kappa shape index (κ1) is 21.9. The number of carbonyl (C=O) groups is 1. The molecule has 0 N–H and O–H groups in total. The molecular formula is C25H22Cl2N2O4. The minimum Gasteiger partial charge on any atom is -0.457 e. The van der Waals surface area contributed by atoms with Crippen LogP contribution in [0.25, 0.3) is 0 Å². The Kier molecular flexibility index (Phi) is 6.31. The van der Waals surface area contributed by atoms with Crippen molar-refractivity contribution in [3.8, 4) is 23.0 Å². The first-order valence-electron chi connectivity index (χ1n) is 10.7. The summed E-state index contributed by atoms with van der Waals surface area (Å²) in [7, 11) is 0. The average Bonchev–Trinajstić information content (AvgIpc) is 3.30. The predicted molar refractivity (Wildman–Crippen MR) is 127 cm³/mol. The normalized spacial score (nSPS) is 15.5. The first-order valence-corrected chi connectivity index (χ1v) is 11.4. The minimum absolute atomic E-state index is 0.0267. The zero-order chi connectivity index (χ0) is 22.8. The van der Waals surface area contributed by atoms with Gasteiger partial charge in [0.05, 0.1) is 10.0 Å². The zero-order valence-electron chi connectivity index (χ0n) is 17.8. The van der Waals surface area contributed by atoms with Crippen LogP contribution in [-0.2, 0) is 6.54 Å². The van der Waals surface area contributed by atoms with Gasteiger partial charge in [-0.25, -0.2) is 0 Å². The third-order valence-corrected chi connectivity index (χ3v) is 6.47. The van der Waals surface area contributed by atoms with E-state index >= 15 is 0 Å². The van der Waals surface area contributed by atoms with Gasteiger partial charge in [-0.15, -0.1) is 0 Å². The van der Waals surface area contributed by atoms with E-state index in [1.165, 1.54) is 0 Å². The third-order valence-electron chi connectivity index (χ3n) is 5.73. The highest BCUT2D eigenvalue weighted by molar-refractivity contribution is 6.42. The lowest BCUT2D eigenvalue weighted by Gasteiger charge is -2.34. The minimum atomic E-state index is 0.0267. The SMILES string of the molecule is O=C(c1ccc(Oc2ccc3c(c2)OCO3)cc1)N1CCN(Cc2ccc(Cl)c(Cl)c2)CC1. The highest BCUT2D eigenvalue weighted by atomic mass is 35.5. The molecule has 0 spiro atoms. The van der Waals surface area contributed by atoms with Crippen molar-refractivity contribution >= 4 is 29.1 Å². The van der Waals surface area contributed by atoms with Crippen molar-refractivity contribution < 1.29 is 19.0 Å². The van der Waals surface area contributed by atoms with Gasteiger partial charge in [0.2, 0.25) is 6.79 Å². The Morgan fingerprint density at radius 1 is 0.818 bits per heavy atom. The quantitative estimate of drug-likeness (QED) is 0.480. The smallest absolute Gasteiger partial charge is 0.253 e. The monoisotopic (exact) mass is 484 g/mol. The van der Waals surface area contributed by atoms with Gasteiger partial charge in [-0.3, -0.25) is 9.69 Å². The maximum Gasteiger partial charge on any atom is 0.253 e. The van der Waals surface area contributed by atoms with Crippen molar-refractivity contribution in [1.82, 2.24) is 9.80 Å². The summed E-state index contributed by atoms with van der Waals surface area (Å²) in [6.07, 6.45) is 0. The standard InChI is InChI=1S/C25H22Cl2N2O4/c26-21-7-1-17(13-22(21)27)15-28-9-11-29(12-10-28)25(30)18-2-4-19(5-3-18)33-20-6-8-23-24(14-20)32-16-31-23/h1-8,13-14H,9-12,15-16H2. The summed E-state index contributed by atoms with van der Waals surface area (Å²) >= 11 is 12.1. The Morgan fingerprint density at radius 2 is 1.55 bits per heavy atom. The molecule has 8 heteroatoms. The van der Waals surface area contributed by atoms with Crippen LogP contribution < -0.4 is 14.2 Å². The molecule has 6 nitrogen and oxygen atoms in total. The van der Waals surface area contributed by atoms with Crippen LogP contribution in [0, 0.1) is 0 Å². The summed E-state index contributed by atoms with van der Waals surface area (Å²) in [4.78, 5) is 17.1. The molecular weight excluding hydrogens is 463 g/mol. The molecule has 170 valence electrons. The summed E-state index contributed by atoms with van der Waals surface area (Å²) in [6.45, 7) is 3.96. The van der Waals surface area contributed by atoms with Crippen LogP contribution >= 0.6 is 23.2 Å². The number of fused-ring (bicyclic) bond motifs is 1. The van der Waals surface area contributed by atoms with E-state index in [-0.39, 0.29) is 12.7 Å². The zero-order valence-corrected chi connectivity index (χ0v) is 19.3. The molecule has 1 amide bonds. The number of hydrogen-bond donors (Lipinski definition) is 0. The van der Waals surface area contributed by atoms with Gasteiger partial charge in [-0.05, 0) is 54.1 Å². The van der Waals surface area contributed by atoms with Crippen LogP contribution in [0.4, 0.5) is 0 Å². The molecule has 0 atom stereocenters. The highest BCUT2D eigenvalue weighted by Gasteiger charge is 2.22. The highest BCUT2D eigenvalue weighted by Crippen LogP contribution is 2.36. The van der Waals surface area contributed by atoms with Crippen LogP contribution in [-0.4, -0.2) is 48.7 Å². The molecule has 0 saturated carbocycles. The predicted octanol–water partition coefficient (Wildman–Crippen LogP) is 5.47. The summed E-state index contributed by atoms with van der Waals surface area (Å²) in [5, 5.41) is 1.12. The molecule has 33 heavy (non-hydrogen) atoms. The van der Waals surface area contributed by atoms with Gasteiger partial charge in [0.25, 0.3) is 5.91 Å². The molecule has 5 rings (SSSR count). The molecule has 2 aliphatic heterocycles. The fourth-order valence-corrected chi connectivity index (χ4v) is 4.25. The van der Waals surface area contributed by atoms with Crippen LogP contribution in [0.15, 0.2) is 60.7 Å². The number of ether oxygens (including phenoxy) is 3. The molecule has 0 radical (unpaired) electrons. The van der Waals surface area contributed by atoms with Crippen LogP contribution in [0.3, 0.4) is 0 Å². The van der Waals surface area contributed by atoms with Gasteiger partial charge < -0.3 is 19.1 Å². The molecule has 3 aromatic carbocycles. The third kappa shape index (κ3) is 5.03. The molecule has 1 saturated heterocycles. The van der Waals surface area contributed by atoms with Gasteiger partial charge >= 0.3 is 0 Å². The first-order chi connectivity index (χ1) is 16.0. The van der Waals surface area contributed by atoms with Crippen molar-refractivity contribution in [2.75, 3.05) is 33.0 Å². The topological polar surface area (TPSA) is 51.2 Å². The molecule has 2 heterocycles. The van der Waals surface area contributed by atoms with Crippen molar-refractivity contribution in [2.45, 2.75) is 6.54 Å². The number of piperazine rings is 1. The number of carbonyl (C=O) groups excluding carboxylic acids is 1. The maximum atomic E-state index is 12.9. The summed E-state index contributed by atoms with van der Waals surface area (Å²) in [5.74, 6) is 2.70. The van der Waals surface area contributed by atoms with Crippen molar-refractivity contribution in [1.29, 1.82) is 0 Å². The van der Waals surface area contributed by atoms with Crippen LogP contribution in [0.1, 0.15) is 15.9 Å². The Labute approximate surface area is 202 Å². The van der Waals surface area contributed by atoms with Gasteiger partial charge in [0.1, 0.15) is 11.5 Å². The molecule has 2 aliphatic rings. The van der Waals surface area contributed by atoms with E-state index in [1.807, 2.05) is 35.2 Å².